The number of Topliss-reactive ketones (excluding diaryl/α,β-unsaturated/α-hetero) is 1. The molecule has 3 aliphatic rings. The molecule has 22 heavy (non-hydrogen) atoms. The van der Waals surface area contributed by atoms with Gasteiger partial charge >= 0.3 is 0 Å². The third-order valence-corrected chi connectivity index (χ3v) is 5.73. The molecule has 0 saturated heterocycles. The molecule has 1 aliphatic heterocycles. The van der Waals surface area contributed by atoms with Crippen molar-refractivity contribution in [2.24, 2.45) is 22.2 Å². The molecule has 0 saturated carbocycles. The summed E-state index contributed by atoms with van der Waals surface area (Å²) in [6.45, 7) is 6.87. The van der Waals surface area contributed by atoms with Gasteiger partial charge in [-0.15, -0.1) is 0 Å². The fraction of sp³-hybridized carbons (Fsp3) is 0.368. The largest absolute Gasteiger partial charge is 0.507 e. The van der Waals surface area contributed by atoms with Gasteiger partial charge < -0.3 is 5.11 Å². The molecule has 1 aromatic carbocycles. The van der Waals surface area contributed by atoms with E-state index in [2.05, 4.69) is 19.6 Å². The number of benzene rings is 1. The van der Waals surface area contributed by atoms with E-state index in [4.69, 9.17) is 4.99 Å². The molecule has 0 unspecified atom stereocenters. The lowest BCUT2D eigenvalue weighted by Crippen LogP contribution is -2.53. The maximum atomic E-state index is 13.0. The van der Waals surface area contributed by atoms with Crippen molar-refractivity contribution >= 4 is 11.5 Å². The van der Waals surface area contributed by atoms with Gasteiger partial charge in [0, 0.05) is 23.4 Å². The monoisotopic (exact) mass is 293 g/mol. The van der Waals surface area contributed by atoms with Crippen LogP contribution in [0.3, 0.4) is 0 Å². The van der Waals surface area contributed by atoms with Gasteiger partial charge in [0.15, 0.2) is 5.78 Å². The number of rotatable bonds is 1. The SMILES string of the molecule is C=CC1=CC[C@@H]2C(=O)c3c(O)cccc3C3=NCC[C@@H]1[C@]32C. The molecule has 0 radical (unpaired) electrons. The minimum atomic E-state index is -0.283. The fourth-order valence-electron chi connectivity index (χ4n) is 4.65. The second-order valence-corrected chi connectivity index (χ2v) is 6.61. The summed E-state index contributed by atoms with van der Waals surface area (Å²) in [7, 11) is 0. The smallest absolute Gasteiger partial charge is 0.171 e. The van der Waals surface area contributed by atoms with Crippen molar-refractivity contribution in [1.29, 1.82) is 0 Å². The minimum Gasteiger partial charge on any atom is -0.507 e. The first-order chi connectivity index (χ1) is 10.6. The molecule has 0 aromatic heterocycles. The fourth-order valence-corrected chi connectivity index (χ4v) is 4.65. The maximum Gasteiger partial charge on any atom is 0.171 e. The number of phenolic OH excluding ortho intramolecular Hbond substituents is 1. The van der Waals surface area contributed by atoms with Gasteiger partial charge in [0.2, 0.25) is 0 Å². The third kappa shape index (κ3) is 1.46. The van der Waals surface area contributed by atoms with Gasteiger partial charge in [0.25, 0.3) is 0 Å². The molecular formula is C19H19NO2. The second kappa shape index (κ2) is 4.42. The maximum absolute atomic E-state index is 13.0. The third-order valence-electron chi connectivity index (χ3n) is 5.73. The van der Waals surface area contributed by atoms with E-state index in [0.717, 1.165) is 24.2 Å². The van der Waals surface area contributed by atoms with Crippen LogP contribution in [0.25, 0.3) is 0 Å². The molecule has 1 N–H and O–H groups in total. The molecule has 0 amide bonds. The summed E-state index contributed by atoms with van der Waals surface area (Å²) in [5.41, 5.74) is 3.22. The highest BCUT2D eigenvalue weighted by atomic mass is 16.3. The highest BCUT2D eigenvalue weighted by Gasteiger charge is 2.56. The molecule has 0 bridgehead atoms. The first-order valence-corrected chi connectivity index (χ1v) is 7.83. The lowest BCUT2D eigenvalue weighted by atomic mass is 9.51. The van der Waals surface area contributed by atoms with Gasteiger partial charge in [-0.2, -0.15) is 0 Å². The highest BCUT2D eigenvalue weighted by molar-refractivity contribution is 6.21. The Hall–Kier alpha value is -2.16. The van der Waals surface area contributed by atoms with Crippen LogP contribution < -0.4 is 0 Å². The number of carbonyl (C=O) groups excluding carboxylic acids is 1. The molecule has 0 fully saturated rings. The number of nitrogens with zero attached hydrogens (tertiary/aromatic N) is 1. The Morgan fingerprint density at radius 2 is 2.23 bits per heavy atom. The Balaban J connectivity index is 2.02. The van der Waals surface area contributed by atoms with E-state index < -0.39 is 0 Å². The summed E-state index contributed by atoms with van der Waals surface area (Å²) in [6, 6.07) is 5.31. The van der Waals surface area contributed by atoms with Crippen LogP contribution in [-0.4, -0.2) is 23.1 Å². The normalized spacial score (nSPS) is 32.5. The van der Waals surface area contributed by atoms with Gasteiger partial charge in [-0.25, -0.2) is 0 Å². The van der Waals surface area contributed by atoms with Crippen LogP contribution in [0.5, 0.6) is 5.75 Å². The Morgan fingerprint density at radius 1 is 1.41 bits per heavy atom. The van der Waals surface area contributed by atoms with Gasteiger partial charge in [-0.3, -0.25) is 9.79 Å². The van der Waals surface area contributed by atoms with E-state index in [1.165, 1.54) is 5.57 Å². The van der Waals surface area contributed by atoms with Crippen LogP contribution in [-0.2, 0) is 0 Å². The predicted octanol–water partition coefficient (Wildman–Crippen LogP) is 3.54. The zero-order valence-electron chi connectivity index (χ0n) is 12.7. The van der Waals surface area contributed by atoms with Crippen LogP contribution in [0.2, 0.25) is 0 Å². The quantitative estimate of drug-likeness (QED) is 0.861. The Bertz CT molecular complexity index is 759. The van der Waals surface area contributed by atoms with E-state index in [0.29, 0.717) is 12.0 Å². The lowest BCUT2D eigenvalue weighted by molar-refractivity contribution is 0.0752. The highest BCUT2D eigenvalue weighted by Crippen LogP contribution is 2.55. The average molecular weight is 293 g/mol. The molecule has 3 atom stereocenters. The van der Waals surface area contributed by atoms with Crippen LogP contribution in [0.1, 0.15) is 35.7 Å². The van der Waals surface area contributed by atoms with Gasteiger partial charge in [-0.1, -0.05) is 37.8 Å². The summed E-state index contributed by atoms with van der Waals surface area (Å²) in [6.07, 6.45) is 5.73. The molecule has 1 heterocycles. The number of ketones is 1. The Labute approximate surface area is 130 Å². The van der Waals surface area contributed by atoms with E-state index in [-0.39, 0.29) is 28.8 Å². The molecule has 4 rings (SSSR count). The number of phenols is 1. The van der Waals surface area contributed by atoms with Crippen LogP contribution >= 0.6 is 0 Å². The predicted molar refractivity (Wildman–Crippen MR) is 86.4 cm³/mol. The number of aromatic hydroxyl groups is 1. The molecule has 3 heteroatoms. The summed E-state index contributed by atoms with van der Waals surface area (Å²) in [5.74, 6) is 0.283. The van der Waals surface area contributed by atoms with Crippen molar-refractivity contribution < 1.29 is 9.90 Å². The van der Waals surface area contributed by atoms with Crippen molar-refractivity contribution in [2.45, 2.75) is 19.8 Å². The number of hydrogen-bond donors (Lipinski definition) is 1. The van der Waals surface area contributed by atoms with Gasteiger partial charge in [0.05, 0.1) is 11.3 Å². The molecular weight excluding hydrogens is 274 g/mol. The zero-order valence-corrected chi connectivity index (χ0v) is 12.7. The van der Waals surface area contributed by atoms with E-state index in [9.17, 15) is 9.90 Å². The molecule has 0 spiro atoms. The zero-order chi connectivity index (χ0) is 15.5. The molecule has 1 aromatic rings. The lowest BCUT2D eigenvalue weighted by Gasteiger charge is -2.51. The minimum absolute atomic E-state index is 0.0563. The van der Waals surface area contributed by atoms with Crippen molar-refractivity contribution in [2.75, 3.05) is 6.54 Å². The van der Waals surface area contributed by atoms with E-state index in [1.54, 1.807) is 12.1 Å². The number of carbonyl (C=O) groups is 1. The topological polar surface area (TPSA) is 49.7 Å². The standard InChI is InChI=1S/C19H19NO2/c1-3-11-7-8-14-17(22)16-12(5-4-6-15(16)21)18-19(14,2)13(11)9-10-20-18/h3-7,13-14,21H,1,8-10H2,2H3/t13-,14+,19-/m0/s1. The molecule has 2 aliphatic carbocycles. The molecule has 112 valence electrons. The first-order valence-electron chi connectivity index (χ1n) is 7.83. The van der Waals surface area contributed by atoms with Gasteiger partial charge in [0.1, 0.15) is 5.75 Å². The van der Waals surface area contributed by atoms with Crippen LogP contribution in [0.15, 0.2) is 47.5 Å². The summed E-state index contributed by atoms with van der Waals surface area (Å²) in [4.78, 5) is 17.8. The number of allylic oxidation sites excluding steroid dienone is 3. The van der Waals surface area contributed by atoms with E-state index >= 15 is 0 Å². The summed E-state index contributed by atoms with van der Waals surface area (Å²) in [5, 5.41) is 10.2. The van der Waals surface area contributed by atoms with E-state index in [1.807, 2.05) is 12.1 Å². The summed E-state index contributed by atoms with van der Waals surface area (Å²) >= 11 is 0. The van der Waals surface area contributed by atoms with Crippen molar-refractivity contribution in [3.05, 3.63) is 53.6 Å². The van der Waals surface area contributed by atoms with Gasteiger partial charge in [-0.05, 0) is 30.4 Å². The second-order valence-electron chi connectivity index (χ2n) is 6.61. The average Bonchev–Trinajstić information content (AvgIpc) is 2.51. The molecule has 3 nitrogen and oxygen atoms in total. The Morgan fingerprint density at radius 3 is 3.00 bits per heavy atom. The van der Waals surface area contributed by atoms with Crippen molar-refractivity contribution in [1.82, 2.24) is 0 Å². The van der Waals surface area contributed by atoms with Crippen LogP contribution in [0.4, 0.5) is 0 Å². The van der Waals surface area contributed by atoms with Crippen molar-refractivity contribution in [3.8, 4) is 5.75 Å². The van der Waals surface area contributed by atoms with Crippen molar-refractivity contribution in [3.63, 3.8) is 0 Å². The Kier molecular flexibility index (Phi) is 2.71. The number of aliphatic imine (C=N–C) groups is 1. The number of fused-ring (bicyclic) bond motifs is 2. The summed E-state index contributed by atoms with van der Waals surface area (Å²) < 4.78 is 0. The van der Waals surface area contributed by atoms with Crippen LogP contribution in [0, 0.1) is 17.3 Å². The number of hydrogen-bond acceptors (Lipinski definition) is 3. The first kappa shape index (κ1) is 13.5.